The van der Waals surface area contributed by atoms with Gasteiger partial charge in [0.25, 0.3) is 0 Å². The zero-order valence-electron chi connectivity index (χ0n) is 10.8. The van der Waals surface area contributed by atoms with E-state index < -0.39 is 10.8 Å². The van der Waals surface area contributed by atoms with E-state index in [0.29, 0.717) is 27.0 Å². The number of nitrogens with zero attached hydrogens (tertiary/aromatic N) is 1. The Morgan fingerprint density at radius 2 is 2.05 bits per heavy atom. The van der Waals surface area contributed by atoms with Crippen molar-refractivity contribution in [2.75, 3.05) is 7.11 Å². The van der Waals surface area contributed by atoms with Gasteiger partial charge in [0.2, 0.25) is 0 Å². The summed E-state index contributed by atoms with van der Waals surface area (Å²) in [5.74, 6) is 0.822. The van der Waals surface area contributed by atoms with Crippen molar-refractivity contribution in [2.45, 2.75) is 10.6 Å². The van der Waals surface area contributed by atoms with Gasteiger partial charge in [-0.3, -0.25) is 4.21 Å². The lowest BCUT2D eigenvalue weighted by Gasteiger charge is -2.07. The lowest BCUT2D eigenvalue weighted by Crippen LogP contribution is -1.98. The van der Waals surface area contributed by atoms with Crippen LogP contribution < -0.4 is 4.74 Å². The van der Waals surface area contributed by atoms with Crippen LogP contribution in [0.15, 0.2) is 47.4 Å². The summed E-state index contributed by atoms with van der Waals surface area (Å²) in [7, 11) is 0.265. The average molecular weight is 306 g/mol. The van der Waals surface area contributed by atoms with Crippen LogP contribution in [-0.2, 0) is 16.6 Å². The fourth-order valence-corrected chi connectivity index (χ4v) is 3.34. The molecule has 0 aliphatic rings. The van der Waals surface area contributed by atoms with E-state index in [9.17, 15) is 4.21 Å². The van der Waals surface area contributed by atoms with Gasteiger partial charge < -0.3 is 4.74 Å². The third-order valence-electron chi connectivity index (χ3n) is 2.76. The summed E-state index contributed by atoms with van der Waals surface area (Å²) in [5.41, 5.74) is 1.24. The van der Waals surface area contributed by atoms with E-state index in [-0.39, 0.29) is 0 Å². The molecule has 3 nitrogen and oxygen atoms in total. The Balaban J connectivity index is 2.25. The molecule has 1 atom stereocenters. The Kier molecular flexibility index (Phi) is 4.78. The van der Waals surface area contributed by atoms with Crippen LogP contribution in [-0.4, -0.2) is 11.3 Å². The van der Waals surface area contributed by atoms with Crippen LogP contribution in [0.1, 0.15) is 11.1 Å². The molecule has 2 rings (SSSR count). The van der Waals surface area contributed by atoms with Crippen molar-refractivity contribution >= 4 is 22.4 Å². The Bertz CT molecular complexity index is 695. The monoisotopic (exact) mass is 305 g/mol. The summed E-state index contributed by atoms with van der Waals surface area (Å²) in [6, 6.07) is 14.3. The van der Waals surface area contributed by atoms with Crippen molar-refractivity contribution in [1.29, 1.82) is 5.26 Å². The van der Waals surface area contributed by atoms with Crippen molar-refractivity contribution < 1.29 is 8.95 Å². The minimum absolute atomic E-state index is 0.308. The van der Waals surface area contributed by atoms with Crippen LogP contribution in [0.25, 0.3) is 0 Å². The van der Waals surface area contributed by atoms with Crippen LogP contribution >= 0.6 is 11.6 Å². The standard InChI is InChI=1S/C15H12ClNO2S/c1-19-14-7-6-11(8-12(14)9-17)10-20(18)15-5-3-2-4-13(15)16/h2-8H,10H2,1H3. The number of benzene rings is 2. The maximum atomic E-state index is 12.3. The molecular weight excluding hydrogens is 294 g/mol. The van der Waals surface area contributed by atoms with Gasteiger partial charge in [-0.15, -0.1) is 0 Å². The largest absolute Gasteiger partial charge is 0.495 e. The van der Waals surface area contributed by atoms with Gasteiger partial charge in [-0.1, -0.05) is 29.8 Å². The molecular formula is C15H12ClNO2S. The normalized spacial score (nSPS) is 11.7. The molecule has 5 heteroatoms. The van der Waals surface area contributed by atoms with Crippen molar-refractivity contribution in [3.63, 3.8) is 0 Å². The highest BCUT2D eigenvalue weighted by Gasteiger charge is 2.10. The van der Waals surface area contributed by atoms with Crippen molar-refractivity contribution in [2.24, 2.45) is 0 Å². The van der Waals surface area contributed by atoms with Gasteiger partial charge in [-0.05, 0) is 29.8 Å². The summed E-state index contributed by atoms with van der Waals surface area (Å²) in [6.45, 7) is 0. The average Bonchev–Trinajstić information content (AvgIpc) is 2.47. The van der Waals surface area contributed by atoms with E-state index in [1.807, 2.05) is 0 Å². The Hall–Kier alpha value is -1.83. The van der Waals surface area contributed by atoms with E-state index in [4.69, 9.17) is 21.6 Å². The summed E-state index contributed by atoms with van der Waals surface area (Å²) in [6.07, 6.45) is 0. The van der Waals surface area contributed by atoms with Crippen molar-refractivity contribution in [3.05, 3.63) is 58.6 Å². The Morgan fingerprint density at radius 1 is 1.30 bits per heavy atom. The zero-order chi connectivity index (χ0) is 14.5. The zero-order valence-corrected chi connectivity index (χ0v) is 12.4. The van der Waals surface area contributed by atoms with E-state index in [1.165, 1.54) is 7.11 Å². The number of rotatable bonds is 4. The van der Waals surface area contributed by atoms with Crippen LogP contribution in [0.2, 0.25) is 5.02 Å². The highest BCUT2D eigenvalue weighted by atomic mass is 35.5. The molecule has 0 aromatic heterocycles. The minimum Gasteiger partial charge on any atom is -0.495 e. The molecule has 0 saturated heterocycles. The predicted molar refractivity (Wildman–Crippen MR) is 79.3 cm³/mol. The third kappa shape index (κ3) is 3.19. The Labute approximate surface area is 125 Å². The highest BCUT2D eigenvalue weighted by molar-refractivity contribution is 7.84. The summed E-state index contributed by atoms with van der Waals surface area (Å²) in [5, 5.41) is 9.53. The quantitative estimate of drug-likeness (QED) is 0.868. The van der Waals surface area contributed by atoms with Crippen LogP contribution in [0.5, 0.6) is 5.75 Å². The molecule has 0 bridgehead atoms. The fraction of sp³-hybridized carbons (Fsp3) is 0.133. The lowest BCUT2D eigenvalue weighted by atomic mass is 10.1. The third-order valence-corrected chi connectivity index (χ3v) is 4.65. The molecule has 2 aromatic rings. The molecule has 0 N–H and O–H groups in total. The van der Waals surface area contributed by atoms with Gasteiger partial charge in [0, 0.05) is 0 Å². The first-order chi connectivity index (χ1) is 9.65. The highest BCUT2D eigenvalue weighted by Crippen LogP contribution is 2.24. The molecule has 0 aliphatic carbocycles. The van der Waals surface area contributed by atoms with Crippen molar-refractivity contribution in [3.8, 4) is 11.8 Å². The maximum Gasteiger partial charge on any atom is 0.136 e. The molecule has 0 radical (unpaired) electrons. The number of hydrogen-bond acceptors (Lipinski definition) is 3. The van der Waals surface area contributed by atoms with Gasteiger partial charge in [-0.2, -0.15) is 5.26 Å². The molecule has 20 heavy (non-hydrogen) atoms. The van der Waals surface area contributed by atoms with Gasteiger partial charge in [0.05, 0.1) is 39.1 Å². The summed E-state index contributed by atoms with van der Waals surface area (Å²) in [4.78, 5) is 0.600. The minimum atomic E-state index is -1.25. The van der Waals surface area contributed by atoms with Crippen LogP contribution in [0.4, 0.5) is 0 Å². The lowest BCUT2D eigenvalue weighted by molar-refractivity contribution is 0.413. The fourth-order valence-electron chi connectivity index (χ4n) is 1.79. The van der Waals surface area contributed by atoms with Gasteiger partial charge in [0.15, 0.2) is 0 Å². The molecule has 0 heterocycles. The van der Waals surface area contributed by atoms with E-state index in [1.54, 1.807) is 42.5 Å². The summed E-state index contributed by atoms with van der Waals surface area (Å²) >= 11 is 6.03. The summed E-state index contributed by atoms with van der Waals surface area (Å²) < 4.78 is 17.4. The molecule has 0 spiro atoms. The first-order valence-electron chi connectivity index (χ1n) is 5.85. The van der Waals surface area contributed by atoms with E-state index in [0.717, 1.165) is 5.56 Å². The molecule has 2 aromatic carbocycles. The first-order valence-corrected chi connectivity index (χ1v) is 7.55. The second-order valence-corrected chi connectivity index (χ2v) is 5.89. The van der Waals surface area contributed by atoms with Crippen LogP contribution in [0.3, 0.4) is 0 Å². The molecule has 1 unspecified atom stereocenters. The van der Waals surface area contributed by atoms with E-state index in [2.05, 4.69) is 6.07 Å². The topological polar surface area (TPSA) is 50.1 Å². The van der Waals surface area contributed by atoms with Gasteiger partial charge in [0.1, 0.15) is 11.8 Å². The number of methoxy groups -OCH3 is 1. The number of ether oxygens (including phenoxy) is 1. The van der Waals surface area contributed by atoms with E-state index >= 15 is 0 Å². The number of halogens is 1. The van der Waals surface area contributed by atoms with Gasteiger partial charge >= 0.3 is 0 Å². The second-order valence-electron chi connectivity index (χ2n) is 4.07. The Morgan fingerprint density at radius 3 is 2.70 bits per heavy atom. The molecule has 0 saturated carbocycles. The molecule has 0 amide bonds. The molecule has 0 fully saturated rings. The first kappa shape index (κ1) is 14.6. The van der Waals surface area contributed by atoms with Crippen LogP contribution in [0, 0.1) is 11.3 Å². The predicted octanol–water partition coefficient (Wildman–Crippen LogP) is 3.53. The SMILES string of the molecule is COc1ccc(CS(=O)c2ccccc2Cl)cc1C#N. The second kappa shape index (κ2) is 6.56. The molecule has 0 aliphatic heterocycles. The number of nitriles is 1. The molecule has 102 valence electrons. The van der Waals surface area contributed by atoms with Crippen molar-refractivity contribution in [1.82, 2.24) is 0 Å². The smallest absolute Gasteiger partial charge is 0.136 e. The van der Waals surface area contributed by atoms with Gasteiger partial charge in [-0.25, -0.2) is 0 Å². The maximum absolute atomic E-state index is 12.3. The number of hydrogen-bond donors (Lipinski definition) is 0.